The molecule has 1 saturated heterocycles. The van der Waals surface area contributed by atoms with Gasteiger partial charge in [0, 0.05) is 23.9 Å². The van der Waals surface area contributed by atoms with Crippen molar-refractivity contribution in [1.82, 2.24) is 0 Å². The molecule has 2 atom stereocenters. The third-order valence-electron chi connectivity index (χ3n) is 10.5. The monoisotopic (exact) mass is 687 g/mol. The molecule has 2 nitrogen and oxygen atoms in total. The lowest BCUT2D eigenvalue weighted by Crippen LogP contribution is -2.38. The summed E-state index contributed by atoms with van der Waals surface area (Å²) in [5.41, 5.74) is 16.1. The highest BCUT2D eigenvalue weighted by Crippen LogP contribution is 2.48. The Bertz CT molecular complexity index is 2190. The van der Waals surface area contributed by atoms with E-state index in [1.807, 2.05) is 0 Å². The summed E-state index contributed by atoms with van der Waals surface area (Å²) >= 11 is 0. The summed E-state index contributed by atoms with van der Waals surface area (Å²) in [6, 6.07) is 55.1. The summed E-state index contributed by atoms with van der Waals surface area (Å²) in [7, 11) is 0. The minimum atomic E-state index is 0.288. The molecule has 2 heteroatoms. The van der Waals surface area contributed by atoms with Gasteiger partial charge < -0.3 is 9.64 Å². The molecule has 0 N–H and O–H groups in total. The SMILES string of the molecule is Cc1ccc(C(=CC=Cc2ccc3c(c2)C2CCOCC2N3c2ccc(C=CC=C(c3ccccc3)c3ccccc3)cc2)c2ccc(C)cc2)cc1. The molecule has 0 amide bonds. The highest BCUT2D eigenvalue weighted by atomic mass is 16.5. The maximum absolute atomic E-state index is 6.08. The smallest absolute Gasteiger partial charge is 0.0680 e. The zero-order chi connectivity index (χ0) is 36.0. The highest BCUT2D eigenvalue weighted by molar-refractivity contribution is 5.83. The van der Waals surface area contributed by atoms with Crippen LogP contribution in [-0.4, -0.2) is 19.3 Å². The van der Waals surface area contributed by atoms with Gasteiger partial charge in [0.2, 0.25) is 0 Å². The molecule has 8 rings (SSSR count). The first-order valence-corrected chi connectivity index (χ1v) is 18.7. The van der Waals surface area contributed by atoms with Gasteiger partial charge in [0.1, 0.15) is 0 Å². The van der Waals surface area contributed by atoms with Gasteiger partial charge in [-0.2, -0.15) is 0 Å². The van der Waals surface area contributed by atoms with Crippen molar-refractivity contribution in [2.45, 2.75) is 32.2 Å². The standard InChI is InChI=1S/C51H45NO/c1-37-19-26-43(27-20-37)47(44-28-21-38(2)22-29-44)18-10-12-40-25-32-50-49(35-40)48-33-34-53-36-51(48)52(50)45-30-23-39(24-31-45)11-9-17-46(41-13-5-3-6-14-41)42-15-7-4-8-16-42/h3-32,35,48,51H,33-34,36H2,1-2H3. The third-order valence-corrected chi connectivity index (χ3v) is 10.5. The van der Waals surface area contributed by atoms with Crippen molar-refractivity contribution in [1.29, 1.82) is 0 Å². The fourth-order valence-corrected chi connectivity index (χ4v) is 7.72. The molecular formula is C51H45NO. The number of fused-ring (bicyclic) bond motifs is 3. The van der Waals surface area contributed by atoms with Crippen molar-refractivity contribution in [2.24, 2.45) is 0 Å². The van der Waals surface area contributed by atoms with E-state index < -0.39 is 0 Å². The first kappa shape index (κ1) is 34.1. The van der Waals surface area contributed by atoms with E-state index in [1.165, 1.54) is 72.6 Å². The van der Waals surface area contributed by atoms with E-state index in [-0.39, 0.29) is 6.04 Å². The van der Waals surface area contributed by atoms with Crippen molar-refractivity contribution in [3.05, 3.63) is 226 Å². The number of hydrogen-bond donors (Lipinski definition) is 0. The number of aryl methyl sites for hydroxylation is 2. The fraction of sp³-hybridized carbons (Fsp3) is 0.137. The molecule has 0 saturated carbocycles. The van der Waals surface area contributed by atoms with Crippen LogP contribution in [0, 0.1) is 13.8 Å². The number of nitrogens with zero attached hydrogens (tertiary/aromatic N) is 1. The third kappa shape index (κ3) is 7.65. The van der Waals surface area contributed by atoms with Crippen LogP contribution in [0.5, 0.6) is 0 Å². The summed E-state index contributed by atoms with van der Waals surface area (Å²) in [4.78, 5) is 2.51. The van der Waals surface area contributed by atoms with Crippen LogP contribution in [0.15, 0.2) is 176 Å². The van der Waals surface area contributed by atoms with E-state index in [1.54, 1.807) is 0 Å². The maximum atomic E-state index is 6.08. The molecule has 0 aromatic heterocycles. The Morgan fingerprint density at radius 1 is 0.566 bits per heavy atom. The number of allylic oxidation sites excluding steroid dienone is 4. The molecule has 260 valence electrons. The Morgan fingerprint density at radius 3 is 1.64 bits per heavy atom. The highest BCUT2D eigenvalue weighted by Gasteiger charge is 2.41. The van der Waals surface area contributed by atoms with Crippen molar-refractivity contribution < 1.29 is 4.74 Å². The zero-order valence-corrected chi connectivity index (χ0v) is 30.5. The van der Waals surface area contributed by atoms with Gasteiger partial charge in [-0.15, -0.1) is 0 Å². The summed E-state index contributed by atoms with van der Waals surface area (Å²) in [5.74, 6) is 0.442. The predicted octanol–water partition coefficient (Wildman–Crippen LogP) is 12.6. The molecule has 2 aliphatic heterocycles. The number of ether oxygens (including phenoxy) is 1. The zero-order valence-electron chi connectivity index (χ0n) is 30.5. The van der Waals surface area contributed by atoms with Crippen LogP contribution in [0.3, 0.4) is 0 Å². The second-order valence-electron chi connectivity index (χ2n) is 14.2. The van der Waals surface area contributed by atoms with Gasteiger partial charge in [0.15, 0.2) is 0 Å². The van der Waals surface area contributed by atoms with Gasteiger partial charge in [-0.3, -0.25) is 0 Å². The minimum Gasteiger partial charge on any atom is -0.379 e. The Kier molecular flexibility index (Phi) is 10.1. The molecule has 2 heterocycles. The quantitative estimate of drug-likeness (QED) is 0.140. The molecule has 6 aromatic rings. The van der Waals surface area contributed by atoms with Gasteiger partial charge in [-0.25, -0.2) is 0 Å². The lowest BCUT2D eigenvalue weighted by Gasteiger charge is -2.33. The average molecular weight is 688 g/mol. The first-order valence-electron chi connectivity index (χ1n) is 18.7. The Hall–Kier alpha value is -5.96. The van der Waals surface area contributed by atoms with Crippen LogP contribution in [0.4, 0.5) is 11.4 Å². The van der Waals surface area contributed by atoms with Crippen LogP contribution in [-0.2, 0) is 4.74 Å². The fourth-order valence-electron chi connectivity index (χ4n) is 7.72. The summed E-state index contributed by atoms with van der Waals surface area (Å²) in [5, 5.41) is 0. The van der Waals surface area contributed by atoms with E-state index in [4.69, 9.17) is 4.74 Å². The summed E-state index contributed by atoms with van der Waals surface area (Å²) in [6.45, 7) is 5.81. The van der Waals surface area contributed by atoms with Gasteiger partial charge in [0.25, 0.3) is 0 Å². The van der Waals surface area contributed by atoms with Gasteiger partial charge in [-0.05, 0) is 94.6 Å². The molecule has 0 bridgehead atoms. The Morgan fingerprint density at radius 2 is 1.08 bits per heavy atom. The van der Waals surface area contributed by atoms with Crippen molar-refractivity contribution in [3.63, 3.8) is 0 Å². The first-order chi connectivity index (χ1) is 26.1. The van der Waals surface area contributed by atoms with E-state index >= 15 is 0 Å². The molecule has 0 aliphatic carbocycles. The lowest BCUT2D eigenvalue weighted by molar-refractivity contribution is 0.0739. The summed E-state index contributed by atoms with van der Waals surface area (Å²) in [6.07, 6.45) is 14.3. The molecular weight excluding hydrogens is 643 g/mol. The molecule has 53 heavy (non-hydrogen) atoms. The van der Waals surface area contributed by atoms with Gasteiger partial charge >= 0.3 is 0 Å². The van der Waals surface area contributed by atoms with E-state index in [9.17, 15) is 0 Å². The summed E-state index contributed by atoms with van der Waals surface area (Å²) < 4.78 is 6.08. The maximum Gasteiger partial charge on any atom is 0.0680 e. The number of rotatable bonds is 9. The van der Waals surface area contributed by atoms with E-state index in [2.05, 4.69) is 207 Å². The number of anilines is 2. The number of hydrogen-bond acceptors (Lipinski definition) is 2. The van der Waals surface area contributed by atoms with Crippen molar-refractivity contribution in [3.8, 4) is 0 Å². The molecule has 0 radical (unpaired) electrons. The van der Waals surface area contributed by atoms with Gasteiger partial charge in [-0.1, -0.05) is 175 Å². The van der Waals surface area contributed by atoms with Crippen molar-refractivity contribution >= 4 is 34.7 Å². The van der Waals surface area contributed by atoms with Gasteiger partial charge in [0.05, 0.1) is 12.6 Å². The topological polar surface area (TPSA) is 12.5 Å². The lowest BCUT2D eigenvalue weighted by atomic mass is 9.90. The van der Waals surface area contributed by atoms with Crippen LogP contribution in [0.25, 0.3) is 23.3 Å². The average Bonchev–Trinajstić information content (AvgIpc) is 3.54. The van der Waals surface area contributed by atoms with Crippen molar-refractivity contribution in [2.75, 3.05) is 18.1 Å². The van der Waals surface area contributed by atoms with Crippen LogP contribution < -0.4 is 4.90 Å². The molecule has 1 fully saturated rings. The predicted molar refractivity (Wildman–Crippen MR) is 224 cm³/mol. The second kappa shape index (κ2) is 15.7. The molecule has 2 unspecified atom stereocenters. The normalized spacial score (nSPS) is 16.4. The van der Waals surface area contributed by atoms with Crippen LogP contribution in [0.2, 0.25) is 0 Å². The van der Waals surface area contributed by atoms with E-state index in [0.717, 1.165) is 19.6 Å². The molecule has 0 spiro atoms. The van der Waals surface area contributed by atoms with Crippen LogP contribution >= 0.6 is 0 Å². The Balaban J connectivity index is 1.05. The van der Waals surface area contributed by atoms with Crippen LogP contribution in [0.1, 0.15) is 62.4 Å². The molecule has 2 aliphatic rings. The second-order valence-corrected chi connectivity index (χ2v) is 14.2. The minimum absolute atomic E-state index is 0.288. The largest absolute Gasteiger partial charge is 0.379 e. The molecule has 6 aromatic carbocycles. The number of benzene rings is 6. The van der Waals surface area contributed by atoms with E-state index in [0.29, 0.717) is 5.92 Å². The Labute approximate surface area is 314 Å².